The fourth-order valence-corrected chi connectivity index (χ4v) is 3.49. The Hall–Kier alpha value is -3.24. The van der Waals surface area contributed by atoms with E-state index < -0.39 is 5.54 Å². The highest BCUT2D eigenvalue weighted by molar-refractivity contribution is 6.27. The summed E-state index contributed by atoms with van der Waals surface area (Å²) in [4.78, 5) is 26.6. The molecule has 3 aromatic carbocycles. The van der Waals surface area contributed by atoms with Gasteiger partial charge in [-0.05, 0) is 23.3 Å². The zero-order chi connectivity index (χ0) is 18.7. The van der Waals surface area contributed by atoms with E-state index in [0.29, 0.717) is 24.2 Å². The van der Waals surface area contributed by atoms with Crippen LogP contribution in [0, 0.1) is 0 Å². The van der Waals surface area contributed by atoms with Crippen LogP contribution in [0.25, 0.3) is 0 Å². The quantitative estimate of drug-likeness (QED) is 0.687. The number of para-hydroxylation sites is 1. The van der Waals surface area contributed by atoms with E-state index in [-0.39, 0.29) is 11.7 Å². The maximum Gasteiger partial charge on any atom is 0.253 e. The van der Waals surface area contributed by atoms with Crippen molar-refractivity contribution in [1.82, 2.24) is 5.32 Å². The van der Waals surface area contributed by atoms with Gasteiger partial charge in [0.2, 0.25) is 0 Å². The third-order valence-electron chi connectivity index (χ3n) is 4.94. The molecule has 0 fully saturated rings. The van der Waals surface area contributed by atoms with Crippen LogP contribution in [-0.2, 0) is 17.8 Å². The number of carbonyl (C=O) groups excluding carboxylic acids is 2. The van der Waals surface area contributed by atoms with E-state index in [4.69, 9.17) is 0 Å². The maximum atomic E-state index is 13.5. The van der Waals surface area contributed by atoms with E-state index in [0.717, 1.165) is 11.1 Å². The van der Waals surface area contributed by atoms with Crippen molar-refractivity contribution in [3.63, 3.8) is 0 Å². The number of amides is 1. The molecule has 1 aliphatic rings. The van der Waals surface area contributed by atoms with Crippen molar-refractivity contribution in [2.75, 3.05) is 5.32 Å². The van der Waals surface area contributed by atoms with Gasteiger partial charge in [0.05, 0.1) is 5.69 Å². The number of carbonyl (C=O) groups is 2. The van der Waals surface area contributed by atoms with Gasteiger partial charge >= 0.3 is 0 Å². The molecule has 3 aromatic rings. The SMILES string of the molecule is O=C1Nc2ccccc2C(=O)C1(Cc1ccccc1)NCc1ccccc1. The topological polar surface area (TPSA) is 58.2 Å². The number of rotatable bonds is 5. The van der Waals surface area contributed by atoms with E-state index in [1.807, 2.05) is 72.8 Å². The van der Waals surface area contributed by atoms with Gasteiger partial charge in [-0.1, -0.05) is 72.8 Å². The second-order valence-electron chi connectivity index (χ2n) is 6.74. The van der Waals surface area contributed by atoms with Crippen molar-refractivity contribution in [3.8, 4) is 0 Å². The lowest BCUT2D eigenvalue weighted by atomic mass is 9.79. The van der Waals surface area contributed by atoms with Gasteiger partial charge in [-0.3, -0.25) is 14.9 Å². The lowest BCUT2D eigenvalue weighted by molar-refractivity contribution is -0.121. The highest BCUT2D eigenvalue weighted by Crippen LogP contribution is 2.31. The minimum Gasteiger partial charge on any atom is -0.323 e. The minimum atomic E-state index is -1.34. The Morgan fingerprint density at radius 1 is 0.741 bits per heavy atom. The zero-order valence-corrected chi connectivity index (χ0v) is 14.8. The minimum absolute atomic E-state index is 0.193. The average molecular weight is 356 g/mol. The van der Waals surface area contributed by atoms with Gasteiger partial charge in [0.15, 0.2) is 11.3 Å². The van der Waals surface area contributed by atoms with Crippen molar-refractivity contribution in [1.29, 1.82) is 0 Å². The van der Waals surface area contributed by atoms with Crippen LogP contribution >= 0.6 is 0 Å². The number of benzene rings is 3. The molecule has 0 spiro atoms. The smallest absolute Gasteiger partial charge is 0.253 e. The molecular weight excluding hydrogens is 336 g/mol. The molecule has 1 aliphatic heterocycles. The fraction of sp³-hybridized carbons (Fsp3) is 0.130. The molecule has 4 rings (SSSR count). The molecule has 1 unspecified atom stereocenters. The Morgan fingerprint density at radius 2 is 1.33 bits per heavy atom. The first-order chi connectivity index (χ1) is 13.2. The number of hydrogen-bond acceptors (Lipinski definition) is 3. The molecule has 0 saturated heterocycles. The van der Waals surface area contributed by atoms with E-state index in [2.05, 4.69) is 10.6 Å². The summed E-state index contributed by atoms with van der Waals surface area (Å²) in [6.45, 7) is 0.426. The molecule has 1 heterocycles. The highest BCUT2D eigenvalue weighted by Gasteiger charge is 2.49. The van der Waals surface area contributed by atoms with Gasteiger partial charge in [-0.15, -0.1) is 0 Å². The summed E-state index contributed by atoms with van der Waals surface area (Å²) >= 11 is 0. The first-order valence-corrected chi connectivity index (χ1v) is 8.97. The molecule has 1 atom stereocenters. The maximum absolute atomic E-state index is 13.5. The molecule has 4 heteroatoms. The molecule has 4 nitrogen and oxygen atoms in total. The Balaban J connectivity index is 1.73. The summed E-state index contributed by atoms with van der Waals surface area (Å²) in [5.41, 5.74) is 1.71. The standard InChI is InChI=1S/C23H20N2O2/c26-21-19-13-7-8-14-20(19)25-22(27)23(21,15-17-9-3-1-4-10-17)24-16-18-11-5-2-6-12-18/h1-14,24H,15-16H2,(H,25,27). The van der Waals surface area contributed by atoms with Crippen molar-refractivity contribution in [3.05, 3.63) is 102 Å². The molecule has 0 aromatic heterocycles. The Morgan fingerprint density at radius 3 is 2.04 bits per heavy atom. The molecule has 1 amide bonds. The van der Waals surface area contributed by atoms with Gasteiger partial charge in [0.1, 0.15) is 0 Å². The summed E-state index contributed by atoms with van der Waals surface area (Å²) in [5, 5.41) is 6.19. The summed E-state index contributed by atoms with van der Waals surface area (Å²) in [6.07, 6.45) is 0.291. The van der Waals surface area contributed by atoms with Crippen LogP contribution in [0.4, 0.5) is 5.69 Å². The van der Waals surface area contributed by atoms with Crippen LogP contribution < -0.4 is 10.6 Å². The van der Waals surface area contributed by atoms with Crippen LogP contribution in [-0.4, -0.2) is 17.2 Å². The third kappa shape index (κ3) is 3.27. The predicted molar refractivity (Wildman–Crippen MR) is 106 cm³/mol. The van der Waals surface area contributed by atoms with Crippen molar-refractivity contribution >= 4 is 17.4 Å². The van der Waals surface area contributed by atoms with Crippen LogP contribution in [0.3, 0.4) is 0 Å². The molecule has 0 saturated carbocycles. The summed E-state index contributed by atoms with van der Waals surface area (Å²) < 4.78 is 0. The number of Topliss-reactive ketones (excluding diaryl/α,β-unsaturated/α-hetero) is 1. The first-order valence-electron chi connectivity index (χ1n) is 8.97. The van der Waals surface area contributed by atoms with Gasteiger partial charge in [0, 0.05) is 18.5 Å². The van der Waals surface area contributed by atoms with Gasteiger partial charge in [0.25, 0.3) is 5.91 Å². The average Bonchev–Trinajstić information content (AvgIpc) is 2.72. The molecule has 27 heavy (non-hydrogen) atoms. The highest BCUT2D eigenvalue weighted by atomic mass is 16.2. The van der Waals surface area contributed by atoms with E-state index in [9.17, 15) is 9.59 Å². The van der Waals surface area contributed by atoms with Crippen LogP contribution in [0.15, 0.2) is 84.9 Å². The fourth-order valence-electron chi connectivity index (χ4n) is 3.49. The van der Waals surface area contributed by atoms with Crippen LogP contribution in [0.1, 0.15) is 21.5 Å². The number of hydrogen-bond donors (Lipinski definition) is 2. The molecular formula is C23H20N2O2. The van der Waals surface area contributed by atoms with E-state index in [1.54, 1.807) is 12.1 Å². The molecule has 0 aliphatic carbocycles. The Kier molecular flexibility index (Phi) is 4.57. The number of nitrogens with one attached hydrogen (secondary N) is 2. The summed E-state index contributed by atoms with van der Waals surface area (Å²) in [7, 11) is 0. The van der Waals surface area contributed by atoms with Crippen molar-refractivity contribution in [2.24, 2.45) is 0 Å². The Bertz CT molecular complexity index is 970. The Labute approximate surface area is 158 Å². The van der Waals surface area contributed by atoms with Gasteiger partial charge in [-0.25, -0.2) is 0 Å². The second-order valence-corrected chi connectivity index (χ2v) is 6.74. The van der Waals surface area contributed by atoms with Gasteiger partial charge < -0.3 is 5.32 Å². The predicted octanol–water partition coefficient (Wildman–Crippen LogP) is 3.59. The van der Waals surface area contributed by atoms with Crippen molar-refractivity contribution < 1.29 is 9.59 Å². The third-order valence-corrected chi connectivity index (χ3v) is 4.94. The zero-order valence-electron chi connectivity index (χ0n) is 14.8. The lowest BCUT2D eigenvalue weighted by Gasteiger charge is -2.36. The summed E-state index contributed by atoms with van der Waals surface area (Å²) in [6, 6.07) is 26.6. The molecule has 2 N–H and O–H groups in total. The lowest BCUT2D eigenvalue weighted by Crippen LogP contribution is -2.63. The normalized spacial score (nSPS) is 18.7. The van der Waals surface area contributed by atoms with Crippen LogP contribution in [0.2, 0.25) is 0 Å². The van der Waals surface area contributed by atoms with E-state index in [1.165, 1.54) is 0 Å². The second kappa shape index (κ2) is 7.17. The number of fused-ring (bicyclic) bond motifs is 1. The largest absolute Gasteiger partial charge is 0.323 e. The molecule has 0 radical (unpaired) electrons. The van der Waals surface area contributed by atoms with Gasteiger partial charge in [-0.2, -0.15) is 0 Å². The van der Waals surface area contributed by atoms with Crippen molar-refractivity contribution in [2.45, 2.75) is 18.5 Å². The van der Waals surface area contributed by atoms with E-state index >= 15 is 0 Å². The monoisotopic (exact) mass is 356 g/mol. The first kappa shape index (κ1) is 17.2. The number of anilines is 1. The molecule has 134 valence electrons. The summed E-state index contributed by atoms with van der Waals surface area (Å²) in [5.74, 6) is -0.507. The number of ketones is 1. The van der Waals surface area contributed by atoms with Crippen LogP contribution in [0.5, 0.6) is 0 Å². The molecule has 0 bridgehead atoms.